The highest BCUT2D eigenvalue weighted by Gasteiger charge is 2.07. The summed E-state index contributed by atoms with van der Waals surface area (Å²) >= 11 is 3.06. The van der Waals surface area contributed by atoms with E-state index in [1.807, 2.05) is 0 Å². The topological polar surface area (TPSA) is 46.6 Å². The maximum Gasteiger partial charge on any atom is 0.336 e. The molecule has 0 radical (unpaired) electrons. The van der Waals surface area contributed by atoms with Crippen molar-refractivity contribution in [2.75, 3.05) is 14.1 Å². The molecule has 1 aromatic rings. The predicted molar refractivity (Wildman–Crippen MR) is 67.6 cm³/mol. The second-order valence-corrected chi connectivity index (χ2v) is 4.42. The van der Waals surface area contributed by atoms with Gasteiger partial charge in [0.15, 0.2) is 0 Å². The standard InChI is InChI=1S/C12H11BrFNO3/c1-15(2)11(16)5-6-12(17)18-10-4-3-8(14)7-9(10)13/h3-7H,1-2H3/b6-5+. The van der Waals surface area contributed by atoms with Crippen LogP contribution in [-0.2, 0) is 9.59 Å². The Kier molecular flexibility index (Phi) is 5.03. The van der Waals surface area contributed by atoms with Crippen molar-refractivity contribution in [3.63, 3.8) is 0 Å². The third-order valence-corrected chi connectivity index (χ3v) is 2.53. The van der Waals surface area contributed by atoms with E-state index in [9.17, 15) is 14.0 Å². The number of carbonyl (C=O) groups is 2. The number of hydrogen-bond donors (Lipinski definition) is 0. The van der Waals surface area contributed by atoms with Gasteiger partial charge in [0.05, 0.1) is 4.47 Å². The lowest BCUT2D eigenvalue weighted by Gasteiger charge is -2.06. The minimum Gasteiger partial charge on any atom is -0.422 e. The lowest BCUT2D eigenvalue weighted by molar-refractivity contribution is -0.130. The van der Waals surface area contributed by atoms with Crippen molar-refractivity contribution in [3.8, 4) is 5.75 Å². The zero-order valence-corrected chi connectivity index (χ0v) is 11.4. The van der Waals surface area contributed by atoms with Gasteiger partial charge in [0.2, 0.25) is 5.91 Å². The van der Waals surface area contributed by atoms with Crippen molar-refractivity contribution in [1.82, 2.24) is 4.90 Å². The highest BCUT2D eigenvalue weighted by molar-refractivity contribution is 9.10. The Morgan fingerprint density at radius 3 is 2.56 bits per heavy atom. The SMILES string of the molecule is CN(C)C(=O)/C=C/C(=O)Oc1ccc(F)cc1Br. The maximum atomic E-state index is 12.8. The highest BCUT2D eigenvalue weighted by Crippen LogP contribution is 2.25. The Labute approximate surface area is 112 Å². The number of amides is 1. The first-order chi connectivity index (χ1) is 8.40. The van der Waals surface area contributed by atoms with Crippen LogP contribution in [0.25, 0.3) is 0 Å². The first-order valence-electron chi connectivity index (χ1n) is 4.96. The molecule has 18 heavy (non-hydrogen) atoms. The second kappa shape index (κ2) is 6.30. The zero-order valence-electron chi connectivity index (χ0n) is 9.81. The van der Waals surface area contributed by atoms with Crippen LogP contribution in [0.4, 0.5) is 4.39 Å². The number of carbonyl (C=O) groups excluding carboxylic acids is 2. The van der Waals surface area contributed by atoms with Crippen LogP contribution in [0, 0.1) is 5.82 Å². The van der Waals surface area contributed by atoms with Crippen LogP contribution in [0.1, 0.15) is 0 Å². The van der Waals surface area contributed by atoms with Crippen LogP contribution in [0.2, 0.25) is 0 Å². The van der Waals surface area contributed by atoms with Gasteiger partial charge >= 0.3 is 5.97 Å². The molecule has 0 aliphatic carbocycles. The van der Waals surface area contributed by atoms with Gasteiger partial charge in [-0.15, -0.1) is 0 Å². The number of esters is 1. The number of nitrogens with zero attached hydrogens (tertiary/aromatic N) is 1. The lowest BCUT2D eigenvalue weighted by Crippen LogP contribution is -2.19. The van der Waals surface area contributed by atoms with E-state index in [1.54, 1.807) is 14.1 Å². The Bertz CT molecular complexity index is 500. The van der Waals surface area contributed by atoms with Gasteiger partial charge in [-0.1, -0.05) is 0 Å². The molecule has 0 saturated heterocycles. The fourth-order valence-electron chi connectivity index (χ4n) is 0.989. The van der Waals surface area contributed by atoms with Crippen LogP contribution in [0.15, 0.2) is 34.8 Å². The predicted octanol–water partition coefficient (Wildman–Crippen LogP) is 2.14. The van der Waals surface area contributed by atoms with Crippen molar-refractivity contribution in [1.29, 1.82) is 0 Å². The Morgan fingerprint density at radius 2 is 2.00 bits per heavy atom. The largest absolute Gasteiger partial charge is 0.422 e. The molecule has 4 nitrogen and oxygen atoms in total. The van der Waals surface area contributed by atoms with Crippen molar-refractivity contribution in [3.05, 3.63) is 40.6 Å². The first-order valence-corrected chi connectivity index (χ1v) is 5.75. The van der Waals surface area contributed by atoms with E-state index in [4.69, 9.17) is 4.74 Å². The van der Waals surface area contributed by atoms with Gasteiger partial charge < -0.3 is 9.64 Å². The van der Waals surface area contributed by atoms with E-state index in [1.165, 1.54) is 23.1 Å². The molecular formula is C12H11BrFNO3. The van der Waals surface area contributed by atoms with Crippen LogP contribution < -0.4 is 4.74 Å². The molecule has 0 fully saturated rings. The quantitative estimate of drug-likeness (QED) is 0.488. The molecule has 1 aromatic carbocycles. The molecule has 0 N–H and O–H groups in total. The van der Waals surface area contributed by atoms with E-state index in [2.05, 4.69) is 15.9 Å². The molecule has 96 valence electrons. The number of hydrogen-bond acceptors (Lipinski definition) is 3. The summed E-state index contributed by atoms with van der Waals surface area (Å²) in [5.74, 6) is -1.30. The number of ether oxygens (including phenoxy) is 1. The van der Waals surface area contributed by atoms with E-state index >= 15 is 0 Å². The smallest absolute Gasteiger partial charge is 0.336 e. The number of likely N-dealkylation sites (N-methyl/N-ethyl adjacent to an activating group) is 1. The van der Waals surface area contributed by atoms with E-state index in [0.717, 1.165) is 12.2 Å². The molecule has 0 aliphatic heterocycles. The van der Waals surface area contributed by atoms with Crippen molar-refractivity contribution in [2.24, 2.45) is 0 Å². The summed E-state index contributed by atoms with van der Waals surface area (Å²) in [7, 11) is 3.13. The third-order valence-electron chi connectivity index (χ3n) is 1.91. The highest BCUT2D eigenvalue weighted by atomic mass is 79.9. The monoisotopic (exact) mass is 315 g/mol. The summed E-state index contributed by atoms with van der Waals surface area (Å²) in [6.07, 6.45) is 2.11. The number of rotatable bonds is 3. The van der Waals surface area contributed by atoms with Crippen molar-refractivity contribution >= 4 is 27.8 Å². The fourth-order valence-corrected chi connectivity index (χ4v) is 1.42. The molecule has 0 aliphatic rings. The van der Waals surface area contributed by atoms with E-state index < -0.39 is 11.8 Å². The van der Waals surface area contributed by atoms with Gasteiger partial charge in [0.1, 0.15) is 11.6 Å². The van der Waals surface area contributed by atoms with Gasteiger partial charge in [-0.05, 0) is 34.1 Å². The molecule has 6 heteroatoms. The Balaban J connectivity index is 2.68. The van der Waals surface area contributed by atoms with Crippen LogP contribution in [0.5, 0.6) is 5.75 Å². The summed E-state index contributed by atoms with van der Waals surface area (Å²) in [6, 6.07) is 3.66. The van der Waals surface area contributed by atoms with E-state index in [0.29, 0.717) is 4.47 Å². The number of halogens is 2. The molecule has 0 heterocycles. The van der Waals surface area contributed by atoms with Gasteiger partial charge in [0, 0.05) is 26.2 Å². The summed E-state index contributed by atoms with van der Waals surface area (Å²) < 4.78 is 18.0. The molecule has 0 saturated carbocycles. The van der Waals surface area contributed by atoms with Gasteiger partial charge in [0.25, 0.3) is 0 Å². The van der Waals surface area contributed by atoms with Gasteiger partial charge in [-0.2, -0.15) is 0 Å². The van der Waals surface area contributed by atoms with Crippen LogP contribution in [-0.4, -0.2) is 30.9 Å². The van der Waals surface area contributed by atoms with Crippen molar-refractivity contribution < 1.29 is 18.7 Å². The minimum atomic E-state index is -0.711. The molecule has 0 aromatic heterocycles. The average molecular weight is 316 g/mol. The summed E-state index contributed by atoms with van der Waals surface area (Å²) in [5, 5.41) is 0. The number of benzene rings is 1. The molecule has 1 rings (SSSR count). The second-order valence-electron chi connectivity index (χ2n) is 3.56. The van der Waals surface area contributed by atoms with Crippen molar-refractivity contribution in [2.45, 2.75) is 0 Å². The lowest BCUT2D eigenvalue weighted by atomic mass is 10.3. The van der Waals surface area contributed by atoms with Crippen LogP contribution in [0.3, 0.4) is 0 Å². The van der Waals surface area contributed by atoms with Crippen LogP contribution >= 0.6 is 15.9 Å². The van der Waals surface area contributed by atoms with Gasteiger partial charge in [-0.3, -0.25) is 4.79 Å². The van der Waals surface area contributed by atoms with E-state index in [-0.39, 0.29) is 11.7 Å². The Hall–Kier alpha value is -1.69. The third kappa shape index (κ3) is 4.29. The summed E-state index contributed by atoms with van der Waals surface area (Å²) in [4.78, 5) is 23.9. The summed E-state index contributed by atoms with van der Waals surface area (Å²) in [6.45, 7) is 0. The zero-order chi connectivity index (χ0) is 13.7. The molecule has 0 spiro atoms. The molecule has 0 unspecified atom stereocenters. The van der Waals surface area contributed by atoms with Gasteiger partial charge in [-0.25, -0.2) is 9.18 Å². The molecule has 0 atom stereocenters. The first kappa shape index (κ1) is 14.4. The molecule has 1 amide bonds. The molecule has 0 bridgehead atoms. The fraction of sp³-hybridized carbons (Fsp3) is 0.167. The molecular weight excluding hydrogens is 305 g/mol. The maximum absolute atomic E-state index is 12.8. The Morgan fingerprint density at radius 1 is 1.33 bits per heavy atom. The summed E-state index contributed by atoms with van der Waals surface area (Å²) in [5.41, 5.74) is 0. The average Bonchev–Trinajstić information content (AvgIpc) is 2.29. The minimum absolute atomic E-state index is 0.184. The normalized spacial score (nSPS) is 10.4.